The number of hydrogen-bond acceptors (Lipinski definition) is 3. The maximum Gasteiger partial charge on any atom is 0.303 e. The van der Waals surface area contributed by atoms with Crippen molar-refractivity contribution in [1.29, 1.82) is 5.41 Å². The van der Waals surface area contributed by atoms with Gasteiger partial charge in [-0.15, -0.1) is 0 Å². The van der Waals surface area contributed by atoms with E-state index in [1.165, 1.54) is 4.31 Å². The van der Waals surface area contributed by atoms with Crippen molar-refractivity contribution in [2.45, 2.75) is 25.7 Å². The molecule has 0 aliphatic carbocycles. The third-order valence-electron chi connectivity index (χ3n) is 3.76. The highest BCUT2D eigenvalue weighted by Crippen LogP contribution is 2.22. The van der Waals surface area contributed by atoms with Crippen LogP contribution < -0.4 is 10.0 Å². The van der Waals surface area contributed by atoms with E-state index in [9.17, 15) is 8.42 Å². The third kappa shape index (κ3) is 3.54. The third-order valence-corrected chi connectivity index (χ3v) is 5.68. The molecule has 1 aliphatic heterocycles. The molecule has 1 heterocycles. The lowest BCUT2D eigenvalue weighted by Gasteiger charge is -2.28. The van der Waals surface area contributed by atoms with Crippen molar-refractivity contribution < 1.29 is 8.42 Å². The van der Waals surface area contributed by atoms with E-state index >= 15 is 0 Å². The molecule has 1 saturated heterocycles. The number of nitrogens with zero attached hydrogens (tertiary/aromatic N) is 2. The zero-order valence-corrected chi connectivity index (χ0v) is 13.1. The summed E-state index contributed by atoms with van der Waals surface area (Å²) in [5, 5.41) is 7.45. The predicted octanol–water partition coefficient (Wildman–Crippen LogP) is 1.53. The Morgan fingerprint density at radius 2 is 1.86 bits per heavy atom. The number of hydrogen-bond donors (Lipinski definition) is 2. The van der Waals surface area contributed by atoms with Gasteiger partial charge in [0.15, 0.2) is 0 Å². The number of rotatable bonds is 4. The summed E-state index contributed by atoms with van der Waals surface area (Å²) < 4.78 is 28.2. The van der Waals surface area contributed by atoms with Crippen molar-refractivity contribution in [3.8, 4) is 0 Å². The summed E-state index contributed by atoms with van der Waals surface area (Å²) in [5.74, 6) is -0.0718. The molecule has 0 aromatic heterocycles. The van der Waals surface area contributed by atoms with Crippen molar-refractivity contribution in [1.82, 2.24) is 4.31 Å². The SMILES string of the molecule is CN(c1cccc(C(=N)N)c1)S(=O)(=O)N1CCCCCC1. The minimum Gasteiger partial charge on any atom is -0.384 e. The van der Waals surface area contributed by atoms with Gasteiger partial charge in [0, 0.05) is 25.7 Å². The molecule has 3 N–H and O–H groups in total. The van der Waals surface area contributed by atoms with Crippen LogP contribution in [0.5, 0.6) is 0 Å². The van der Waals surface area contributed by atoms with Gasteiger partial charge in [-0.25, -0.2) is 0 Å². The standard InChI is InChI=1S/C14H22N4O2S/c1-17(13-8-6-7-12(11-13)14(15)16)21(19,20)18-9-4-2-3-5-10-18/h6-8,11H,2-5,9-10H2,1H3,(H3,15,16). The largest absolute Gasteiger partial charge is 0.384 e. The lowest BCUT2D eigenvalue weighted by atomic mass is 10.2. The normalized spacial score (nSPS) is 17.2. The molecule has 1 aromatic rings. The zero-order chi connectivity index (χ0) is 15.5. The number of nitrogens with two attached hydrogens (primary N) is 1. The number of amidine groups is 1. The molecule has 2 rings (SSSR count). The summed E-state index contributed by atoms with van der Waals surface area (Å²) in [6.45, 7) is 1.14. The molecule has 0 bridgehead atoms. The summed E-state index contributed by atoms with van der Waals surface area (Å²) in [7, 11) is -1.98. The first-order valence-electron chi connectivity index (χ1n) is 7.11. The fraction of sp³-hybridized carbons (Fsp3) is 0.500. The molecule has 0 amide bonds. The fourth-order valence-corrected chi connectivity index (χ4v) is 3.89. The highest BCUT2D eigenvalue weighted by atomic mass is 32.2. The molecule has 7 heteroatoms. The molecular weight excluding hydrogens is 288 g/mol. The van der Waals surface area contributed by atoms with E-state index in [4.69, 9.17) is 11.1 Å². The Morgan fingerprint density at radius 3 is 2.43 bits per heavy atom. The molecule has 0 saturated carbocycles. The van der Waals surface area contributed by atoms with E-state index in [0.29, 0.717) is 24.3 Å². The monoisotopic (exact) mass is 310 g/mol. The van der Waals surface area contributed by atoms with Crippen molar-refractivity contribution in [2.75, 3.05) is 24.4 Å². The zero-order valence-electron chi connectivity index (χ0n) is 12.2. The Labute approximate surface area is 126 Å². The Bertz CT molecular complexity index is 607. The quantitative estimate of drug-likeness (QED) is 0.652. The molecule has 0 spiro atoms. The van der Waals surface area contributed by atoms with E-state index in [0.717, 1.165) is 25.7 Å². The first-order valence-corrected chi connectivity index (χ1v) is 8.51. The molecule has 0 unspecified atom stereocenters. The van der Waals surface area contributed by atoms with Gasteiger partial charge in [-0.2, -0.15) is 12.7 Å². The number of benzene rings is 1. The minimum absolute atomic E-state index is 0.0718. The van der Waals surface area contributed by atoms with Gasteiger partial charge in [0.25, 0.3) is 0 Å². The van der Waals surface area contributed by atoms with Gasteiger partial charge < -0.3 is 5.73 Å². The van der Waals surface area contributed by atoms with Crippen LogP contribution in [0, 0.1) is 5.41 Å². The summed E-state index contributed by atoms with van der Waals surface area (Å²) in [6, 6.07) is 6.73. The molecule has 0 atom stereocenters. The van der Waals surface area contributed by atoms with E-state index in [1.807, 2.05) is 0 Å². The van der Waals surface area contributed by atoms with Crippen LogP contribution in [0.25, 0.3) is 0 Å². The molecular formula is C14H22N4O2S. The average molecular weight is 310 g/mol. The van der Waals surface area contributed by atoms with Crippen molar-refractivity contribution in [2.24, 2.45) is 5.73 Å². The molecule has 1 aromatic carbocycles. The lowest BCUT2D eigenvalue weighted by molar-refractivity contribution is 0.422. The van der Waals surface area contributed by atoms with Crippen LogP contribution in [0.4, 0.5) is 5.69 Å². The van der Waals surface area contributed by atoms with Crippen LogP contribution in [0.3, 0.4) is 0 Å². The maximum absolute atomic E-state index is 12.7. The van der Waals surface area contributed by atoms with Gasteiger partial charge >= 0.3 is 10.2 Å². The first-order chi connectivity index (χ1) is 9.93. The van der Waals surface area contributed by atoms with E-state index < -0.39 is 10.2 Å². The van der Waals surface area contributed by atoms with Crippen molar-refractivity contribution in [3.63, 3.8) is 0 Å². The number of anilines is 1. The Morgan fingerprint density at radius 1 is 1.24 bits per heavy atom. The summed E-state index contributed by atoms with van der Waals surface area (Å²) in [4.78, 5) is 0. The van der Waals surface area contributed by atoms with Crippen LogP contribution in [0.15, 0.2) is 24.3 Å². The molecule has 116 valence electrons. The van der Waals surface area contributed by atoms with Crippen LogP contribution in [-0.4, -0.2) is 38.7 Å². The topological polar surface area (TPSA) is 90.5 Å². The second kappa shape index (κ2) is 6.44. The summed E-state index contributed by atoms with van der Waals surface area (Å²) in [5.41, 5.74) is 6.50. The van der Waals surface area contributed by atoms with Gasteiger partial charge in [0.2, 0.25) is 0 Å². The number of nitrogen functional groups attached to an aromatic ring is 1. The molecule has 0 radical (unpaired) electrons. The van der Waals surface area contributed by atoms with Gasteiger partial charge in [-0.05, 0) is 25.0 Å². The molecule has 1 aliphatic rings. The van der Waals surface area contributed by atoms with Gasteiger partial charge in [0.05, 0.1) is 5.69 Å². The maximum atomic E-state index is 12.7. The van der Waals surface area contributed by atoms with E-state index in [-0.39, 0.29) is 5.84 Å². The van der Waals surface area contributed by atoms with E-state index in [1.54, 1.807) is 35.6 Å². The molecule has 1 fully saturated rings. The van der Waals surface area contributed by atoms with Gasteiger partial charge in [-0.3, -0.25) is 9.71 Å². The van der Waals surface area contributed by atoms with Crippen LogP contribution in [-0.2, 0) is 10.2 Å². The molecule has 6 nitrogen and oxygen atoms in total. The Hall–Kier alpha value is -1.60. The molecule has 21 heavy (non-hydrogen) atoms. The summed E-state index contributed by atoms with van der Waals surface area (Å²) >= 11 is 0. The van der Waals surface area contributed by atoms with E-state index in [2.05, 4.69) is 0 Å². The van der Waals surface area contributed by atoms with Crippen LogP contribution >= 0.6 is 0 Å². The van der Waals surface area contributed by atoms with Gasteiger partial charge in [0.1, 0.15) is 5.84 Å². The number of nitrogens with one attached hydrogen (secondary N) is 1. The fourth-order valence-electron chi connectivity index (χ4n) is 2.45. The second-order valence-electron chi connectivity index (χ2n) is 5.25. The van der Waals surface area contributed by atoms with Crippen LogP contribution in [0.1, 0.15) is 31.2 Å². The summed E-state index contributed by atoms with van der Waals surface area (Å²) in [6.07, 6.45) is 3.96. The predicted molar refractivity (Wildman–Crippen MR) is 84.8 cm³/mol. The van der Waals surface area contributed by atoms with Crippen LogP contribution in [0.2, 0.25) is 0 Å². The first kappa shape index (κ1) is 15.8. The second-order valence-corrected chi connectivity index (χ2v) is 7.21. The highest BCUT2D eigenvalue weighted by molar-refractivity contribution is 7.90. The average Bonchev–Trinajstić information content (AvgIpc) is 2.76. The highest BCUT2D eigenvalue weighted by Gasteiger charge is 2.27. The lowest BCUT2D eigenvalue weighted by Crippen LogP contribution is -2.42. The smallest absolute Gasteiger partial charge is 0.303 e. The van der Waals surface area contributed by atoms with Gasteiger partial charge in [-0.1, -0.05) is 25.0 Å². The minimum atomic E-state index is -3.53. The Kier molecular flexibility index (Phi) is 4.84. The van der Waals surface area contributed by atoms with Crippen molar-refractivity contribution >= 4 is 21.7 Å². The Balaban J connectivity index is 2.26. The van der Waals surface area contributed by atoms with Crippen molar-refractivity contribution in [3.05, 3.63) is 29.8 Å².